The van der Waals surface area contributed by atoms with Gasteiger partial charge in [0.15, 0.2) is 11.9 Å². The van der Waals surface area contributed by atoms with Gasteiger partial charge in [0, 0.05) is 16.8 Å². The fraction of sp³-hybridized carbons (Fsp3) is 0.333. The van der Waals surface area contributed by atoms with Gasteiger partial charge in [0.2, 0.25) is 5.78 Å². The third-order valence-electron chi connectivity index (χ3n) is 5.02. The molecule has 164 valence electrons. The zero-order valence-corrected chi connectivity index (χ0v) is 18.6. The van der Waals surface area contributed by atoms with E-state index in [0.717, 1.165) is 0 Å². The molecule has 0 saturated carbocycles. The number of sulfonamides is 1. The number of benzene rings is 1. The van der Waals surface area contributed by atoms with Gasteiger partial charge in [-0.15, -0.1) is 0 Å². The molecule has 10 heteroatoms. The molecule has 0 radical (unpaired) electrons. The van der Waals surface area contributed by atoms with Gasteiger partial charge < -0.3 is 9.72 Å². The summed E-state index contributed by atoms with van der Waals surface area (Å²) in [6.45, 7) is 7.63. The van der Waals surface area contributed by atoms with Crippen molar-refractivity contribution < 1.29 is 27.5 Å². The van der Waals surface area contributed by atoms with E-state index >= 15 is 0 Å². The van der Waals surface area contributed by atoms with Crippen LogP contribution in [0.4, 0.5) is 0 Å². The number of aryl methyl sites for hydroxylation is 1. The van der Waals surface area contributed by atoms with E-state index < -0.39 is 33.9 Å². The summed E-state index contributed by atoms with van der Waals surface area (Å²) in [6.07, 6.45) is -1.13. The van der Waals surface area contributed by atoms with E-state index in [1.54, 1.807) is 32.0 Å². The largest absolute Gasteiger partial charge is 0.453 e. The van der Waals surface area contributed by atoms with Gasteiger partial charge >= 0.3 is 5.97 Å². The van der Waals surface area contributed by atoms with Crippen molar-refractivity contribution in [3.63, 3.8) is 0 Å². The van der Waals surface area contributed by atoms with Crippen LogP contribution in [0.1, 0.15) is 58.4 Å². The Morgan fingerprint density at radius 2 is 1.74 bits per heavy atom. The van der Waals surface area contributed by atoms with Crippen molar-refractivity contribution in [1.29, 1.82) is 0 Å². The van der Waals surface area contributed by atoms with Crippen LogP contribution in [0.25, 0.3) is 0 Å². The number of hydrogen-bond acceptors (Lipinski definition) is 7. The number of carbonyl (C=O) groups is 3. The number of ketones is 2. The Kier molecular flexibility index (Phi) is 5.86. The van der Waals surface area contributed by atoms with Gasteiger partial charge in [0.25, 0.3) is 10.0 Å². The third-order valence-corrected chi connectivity index (χ3v) is 6.42. The van der Waals surface area contributed by atoms with E-state index in [9.17, 15) is 22.8 Å². The quantitative estimate of drug-likeness (QED) is 0.516. The molecule has 0 saturated heterocycles. The monoisotopic (exact) mass is 445 g/mol. The highest BCUT2D eigenvalue weighted by atomic mass is 32.2. The molecular formula is C21H23N3O6S. The van der Waals surface area contributed by atoms with Gasteiger partial charge in [0.1, 0.15) is 11.9 Å². The van der Waals surface area contributed by atoms with Crippen LogP contribution in [-0.4, -0.2) is 48.9 Å². The van der Waals surface area contributed by atoms with E-state index in [0.29, 0.717) is 22.4 Å². The molecule has 3 rings (SSSR count). The van der Waals surface area contributed by atoms with E-state index in [-0.39, 0.29) is 22.2 Å². The first kappa shape index (κ1) is 22.4. The van der Waals surface area contributed by atoms with Gasteiger partial charge in [-0.05, 0) is 52.3 Å². The maximum Gasteiger partial charge on any atom is 0.331 e. The Labute approximate surface area is 180 Å². The summed E-state index contributed by atoms with van der Waals surface area (Å²) in [5, 5.41) is 0. The molecule has 2 atom stereocenters. The second-order valence-corrected chi connectivity index (χ2v) is 9.03. The van der Waals surface area contributed by atoms with Crippen molar-refractivity contribution in [2.24, 2.45) is 4.99 Å². The highest BCUT2D eigenvalue weighted by Crippen LogP contribution is 2.23. The number of aliphatic imine (C=N–C) groups is 1. The summed E-state index contributed by atoms with van der Waals surface area (Å²) in [6, 6.07) is 5.22. The second-order valence-electron chi connectivity index (χ2n) is 7.38. The molecule has 2 aromatic rings. The molecule has 2 heterocycles. The molecule has 9 nitrogen and oxygen atoms in total. The zero-order chi connectivity index (χ0) is 23.1. The number of esters is 1. The summed E-state index contributed by atoms with van der Waals surface area (Å²) >= 11 is 0. The molecule has 0 amide bonds. The summed E-state index contributed by atoms with van der Waals surface area (Å²) in [5.41, 5.74) is 2.08. The SMILES string of the molecule is CC(=O)c1c(C)[nH]c(C(=O)C(C)OC(=O)[C@H](C)N=C2NS(=O)(=O)c3ccccc32)c1C. The normalized spacial score (nSPS) is 17.5. The Balaban J connectivity index is 1.76. The number of hydrogen-bond donors (Lipinski definition) is 2. The number of fused-ring (bicyclic) bond motifs is 1. The van der Waals surface area contributed by atoms with Crippen molar-refractivity contribution >= 4 is 33.4 Å². The molecule has 0 aliphatic carbocycles. The van der Waals surface area contributed by atoms with Crippen LogP contribution < -0.4 is 4.72 Å². The predicted molar refractivity (Wildman–Crippen MR) is 113 cm³/mol. The summed E-state index contributed by atoms with van der Waals surface area (Å²) in [4.78, 5) is 44.1. The number of amidine groups is 1. The number of aromatic amines is 1. The average Bonchev–Trinajstić information content (AvgIpc) is 3.13. The summed E-state index contributed by atoms with van der Waals surface area (Å²) < 4.78 is 31.9. The van der Waals surface area contributed by atoms with Crippen LogP contribution in [0.15, 0.2) is 34.2 Å². The van der Waals surface area contributed by atoms with E-state index in [4.69, 9.17) is 4.74 Å². The van der Waals surface area contributed by atoms with Crippen LogP contribution in [0.3, 0.4) is 0 Å². The molecule has 0 bridgehead atoms. The summed E-state index contributed by atoms with van der Waals surface area (Å²) in [5.74, 6) is -1.39. The number of Topliss-reactive ketones (excluding diaryl/α,β-unsaturated/α-hetero) is 2. The molecule has 0 spiro atoms. The fourth-order valence-electron chi connectivity index (χ4n) is 3.53. The van der Waals surface area contributed by atoms with Crippen LogP contribution >= 0.6 is 0 Å². The van der Waals surface area contributed by atoms with E-state index in [1.807, 2.05) is 0 Å². The topological polar surface area (TPSA) is 135 Å². The van der Waals surface area contributed by atoms with Crippen molar-refractivity contribution in [2.75, 3.05) is 0 Å². The highest BCUT2D eigenvalue weighted by Gasteiger charge is 2.32. The van der Waals surface area contributed by atoms with Crippen LogP contribution in [0.2, 0.25) is 0 Å². The third kappa shape index (κ3) is 4.15. The van der Waals surface area contributed by atoms with E-state index in [1.165, 1.54) is 26.8 Å². The average molecular weight is 445 g/mol. The van der Waals surface area contributed by atoms with Gasteiger partial charge in [0.05, 0.1) is 10.6 Å². The molecule has 2 N–H and O–H groups in total. The second kappa shape index (κ2) is 8.10. The standard InChI is InChI=1S/C21H23N3O6S/c1-10-17(13(4)25)11(2)22-18(10)19(26)14(5)30-21(27)12(3)23-20-15-8-6-7-9-16(15)31(28,29)24-20/h6-9,12,14,22H,1-5H3,(H,23,24)/t12-,14?/m0/s1. The Morgan fingerprint density at radius 1 is 1.10 bits per heavy atom. The zero-order valence-electron chi connectivity index (χ0n) is 17.8. The molecule has 1 aliphatic rings. The van der Waals surface area contributed by atoms with Crippen molar-refractivity contribution in [3.05, 3.63) is 52.3 Å². The lowest BCUT2D eigenvalue weighted by atomic mass is 10.0. The number of ether oxygens (including phenoxy) is 1. The lowest BCUT2D eigenvalue weighted by Gasteiger charge is -2.14. The summed E-state index contributed by atoms with van der Waals surface area (Å²) in [7, 11) is -3.73. The number of aromatic nitrogens is 1. The Morgan fingerprint density at radius 3 is 2.35 bits per heavy atom. The Bertz CT molecular complexity index is 1230. The molecular weight excluding hydrogens is 422 g/mol. The lowest BCUT2D eigenvalue weighted by molar-refractivity contribution is -0.147. The molecule has 1 unspecified atom stereocenters. The Hall–Kier alpha value is -3.27. The van der Waals surface area contributed by atoms with Crippen LogP contribution in [0.5, 0.6) is 0 Å². The first-order valence-corrected chi connectivity index (χ1v) is 11.1. The minimum absolute atomic E-state index is 0.0426. The first-order valence-electron chi connectivity index (χ1n) is 9.58. The molecule has 1 aromatic carbocycles. The molecule has 31 heavy (non-hydrogen) atoms. The smallest absolute Gasteiger partial charge is 0.331 e. The maximum atomic E-state index is 12.8. The van der Waals surface area contributed by atoms with Gasteiger partial charge in [-0.1, -0.05) is 12.1 Å². The minimum Gasteiger partial charge on any atom is -0.453 e. The number of nitrogens with zero attached hydrogens (tertiary/aromatic N) is 1. The van der Waals surface area contributed by atoms with Crippen molar-refractivity contribution in [1.82, 2.24) is 9.71 Å². The maximum absolute atomic E-state index is 12.8. The van der Waals surface area contributed by atoms with Crippen molar-refractivity contribution in [2.45, 2.75) is 51.7 Å². The lowest BCUT2D eigenvalue weighted by Crippen LogP contribution is -2.31. The van der Waals surface area contributed by atoms with Crippen LogP contribution in [-0.2, 0) is 19.6 Å². The van der Waals surface area contributed by atoms with Gasteiger partial charge in [-0.2, -0.15) is 0 Å². The predicted octanol–water partition coefficient (Wildman–Crippen LogP) is 2.08. The first-order chi connectivity index (χ1) is 14.4. The number of rotatable bonds is 6. The fourth-order valence-corrected chi connectivity index (χ4v) is 4.77. The molecule has 1 aromatic heterocycles. The number of carbonyl (C=O) groups excluding carboxylic acids is 3. The van der Waals surface area contributed by atoms with E-state index in [2.05, 4.69) is 14.7 Å². The number of H-pyrrole nitrogens is 1. The van der Waals surface area contributed by atoms with Gasteiger partial charge in [-0.3, -0.25) is 19.3 Å². The molecule has 0 fully saturated rings. The minimum atomic E-state index is -3.73. The number of nitrogens with one attached hydrogen (secondary N) is 2. The molecule has 1 aliphatic heterocycles. The van der Waals surface area contributed by atoms with Gasteiger partial charge in [-0.25, -0.2) is 13.2 Å². The van der Waals surface area contributed by atoms with Crippen molar-refractivity contribution in [3.8, 4) is 0 Å². The highest BCUT2D eigenvalue weighted by molar-refractivity contribution is 7.90. The van der Waals surface area contributed by atoms with Crippen LogP contribution in [0, 0.1) is 13.8 Å².